The van der Waals surface area contributed by atoms with Gasteiger partial charge in [-0.25, -0.2) is 0 Å². The normalized spacial score (nSPS) is 10.3. The standard InChI is InChI=1S/C22H21NO2/c1-25-20-15-12-17(13-16-20)11-14-18-7-5-6-10-21(18)23-22(24)19-8-3-2-4-9-19/h2-10,12-13,15-16H,11,14H2,1H3,(H,23,24). The first-order valence-electron chi connectivity index (χ1n) is 8.33. The van der Waals surface area contributed by atoms with E-state index >= 15 is 0 Å². The Balaban J connectivity index is 1.69. The third-order valence-electron chi connectivity index (χ3n) is 4.14. The minimum atomic E-state index is -0.0857. The number of carbonyl (C=O) groups is 1. The van der Waals surface area contributed by atoms with Gasteiger partial charge < -0.3 is 10.1 Å². The number of aryl methyl sites for hydroxylation is 2. The summed E-state index contributed by atoms with van der Waals surface area (Å²) in [7, 11) is 1.67. The maximum atomic E-state index is 12.4. The van der Waals surface area contributed by atoms with Gasteiger partial charge in [0.05, 0.1) is 7.11 Å². The lowest BCUT2D eigenvalue weighted by Crippen LogP contribution is -2.13. The number of nitrogens with one attached hydrogen (secondary N) is 1. The molecular weight excluding hydrogens is 310 g/mol. The van der Waals surface area contributed by atoms with Gasteiger partial charge in [-0.3, -0.25) is 4.79 Å². The number of hydrogen-bond acceptors (Lipinski definition) is 2. The molecule has 3 aromatic rings. The second-order valence-corrected chi connectivity index (χ2v) is 5.83. The Morgan fingerprint density at radius 3 is 2.24 bits per heavy atom. The van der Waals surface area contributed by atoms with E-state index in [1.807, 2.05) is 60.7 Å². The molecule has 0 aliphatic carbocycles. The van der Waals surface area contributed by atoms with Crippen molar-refractivity contribution in [3.63, 3.8) is 0 Å². The van der Waals surface area contributed by atoms with E-state index in [9.17, 15) is 4.79 Å². The number of amides is 1. The highest BCUT2D eigenvalue weighted by Crippen LogP contribution is 2.19. The third kappa shape index (κ3) is 4.48. The van der Waals surface area contributed by atoms with E-state index in [0.717, 1.165) is 29.8 Å². The molecule has 0 saturated carbocycles. The van der Waals surface area contributed by atoms with E-state index in [1.54, 1.807) is 7.11 Å². The lowest BCUT2D eigenvalue weighted by Gasteiger charge is -2.11. The second-order valence-electron chi connectivity index (χ2n) is 5.83. The number of methoxy groups -OCH3 is 1. The zero-order chi connectivity index (χ0) is 17.5. The number of rotatable bonds is 6. The van der Waals surface area contributed by atoms with Crippen molar-refractivity contribution in [3.8, 4) is 5.75 Å². The summed E-state index contributed by atoms with van der Waals surface area (Å²) in [5.41, 5.74) is 3.89. The number of para-hydroxylation sites is 1. The Labute approximate surface area is 148 Å². The first-order chi connectivity index (χ1) is 12.3. The molecule has 3 rings (SSSR count). The van der Waals surface area contributed by atoms with E-state index in [1.165, 1.54) is 5.56 Å². The lowest BCUT2D eigenvalue weighted by molar-refractivity contribution is 0.102. The van der Waals surface area contributed by atoms with Gasteiger partial charge in [0.15, 0.2) is 0 Å². The predicted octanol–water partition coefficient (Wildman–Crippen LogP) is 4.73. The van der Waals surface area contributed by atoms with Crippen LogP contribution in [-0.4, -0.2) is 13.0 Å². The van der Waals surface area contributed by atoms with E-state index in [2.05, 4.69) is 23.5 Å². The summed E-state index contributed by atoms with van der Waals surface area (Å²) in [6, 6.07) is 25.3. The molecular formula is C22H21NO2. The van der Waals surface area contributed by atoms with Crippen LogP contribution >= 0.6 is 0 Å². The van der Waals surface area contributed by atoms with Crippen molar-refractivity contribution in [3.05, 3.63) is 95.6 Å². The van der Waals surface area contributed by atoms with Crippen molar-refractivity contribution in [1.29, 1.82) is 0 Å². The van der Waals surface area contributed by atoms with Gasteiger partial charge in [0.2, 0.25) is 0 Å². The molecule has 3 aromatic carbocycles. The lowest BCUT2D eigenvalue weighted by atomic mass is 10.0. The molecule has 0 heterocycles. The molecule has 0 fully saturated rings. The summed E-state index contributed by atoms with van der Waals surface area (Å²) in [5.74, 6) is 0.775. The largest absolute Gasteiger partial charge is 0.497 e. The van der Waals surface area contributed by atoms with Crippen LogP contribution in [0.5, 0.6) is 5.75 Å². The molecule has 1 N–H and O–H groups in total. The Morgan fingerprint density at radius 2 is 1.52 bits per heavy atom. The van der Waals surface area contributed by atoms with E-state index in [4.69, 9.17) is 4.74 Å². The summed E-state index contributed by atoms with van der Waals surface area (Å²) in [4.78, 5) is 12.4. The van der Waals surface area contributed by atoms with Crippen LogP contribution in [0.15, 0.2) is 78.9 Å². The molecule has 0 aliphatic heterocycles. The molecule has 0 radical (unpaired) electrons. The molecule has 0 atom stereocenters. The number of carbonyl (C=O) groups excluding carboxylic acids is 1. The van der Waals surface area contributed by atoms with Gasteiger partial charge in [0.1, 0.15) is 5.75 Å². The van der Waals surface area contributed by atoms with Crippen molar-refractivity contribution < 1.29 is 9.53 Å². The van der Waals surface area contributed by atoms with Crippen molar-refractivity contribution >= 4 is 11.6 Å². The van der Waals surface area contributed by atoms with Crippen LogP contribution in [0.4, 0.5) is 5.69 Å². The zero-order valence-corrected chi connectivity index (χ0v) is 14.2. The molecule has 3 nitrogen and oxygen atoms in total. The van der Waals surface area contributed by atoms with E-state index < -0.39 is 0 Å². The van der Waals surface area contributed by atoms with Gasteiger partial charge >= 0.3 is 0 Å². The topological polar surface area (TPSA) is 38.3 Å². The van der Waals surface area contributed by atoms with Crippen molar-refractivity contribution in [2.24, 2.45) is 0 Å². The molecule has 0 spiro atoms. The highest BCUT2D eigenvalue weighted by atomic mass is 16.5. The van der Waals surface area contributed by atoms with Gasteiger partial charge in [-0.2, -0.15) is 0 Å². The van der Waals surface area contributed by atoms with Gasteiger partial charge in [0, 0.05) is 11.3 Å². The van der Waals surface area contributed by atoms with Crippen LogP contribution in [-0.2, 0) is 12.8 Å². The predicted molar refractivity (Wildman–Crippen MR) is 101 cm³/mol. The van der Waals surface area contributed by atoms with Crippen LogP contribution in [0.1, 0.15) is 21.5 Å². The van der Waals surface area contributed by atoms with Crippen LogP contribution in [0.3, 0.4) is 0 Å². The Morgan fingerprint density at radius 1 is 0.840 bits per heavy atom. The minimum Gasteiger partial charge on any atom is -0.497 e. The van der Waals surface area contributed by atoms with Crippen molar-refractivity contribution in [2.75, 3.05) is 12.4 Å². The number of hydrogen-bond donors (Lipinski definition) is 1. The summed E-state index contributed by atoms with van der Waals surface area (Å²) in [5, 5.41) is 3.02. The highest BCUT2D eigenvalue weighted by molar-refractivity contribution is 6.04. The molecule has 0 bridgehead atoms. The van der Waals surface area contributed by atoms with Crippen LogP contribution < -0.4 is 10.1 Å². The molecule has 3 heteroatoms. The van der Waals surface area contributed by atoms with E-state index in [-0.39, 0.29) is 5.91 Å². The van der Waals surface area contributed by atoms with Gasteiger partial charge in [-0.05, 0) is 54.3 Å². The first kappa shape index (κ1) is 16.8. The maximum absolute atomic E-state index is 12.4. The molecule has 126 valence electrons. The second kappa shape index (κ2) is 8.15. The van der Waals surface area contributed by atoms with Gasteiger partial charge in [0.25, 0.3) is 5.91 Å². The molecule has 0 saturated heterocycles. The molecule has 1 amide bonds. The Bertz CT molecular complexity index is 826. The van der Waals surface area contributed by atoms with Crippen LogP contribution in [0, 0.1) is 0 Å². The quantitative estimate of drug-likeness (QED) is 0.709. The minimum absolute atomic E-state index is 0.0857. The average Bonchev–Trinajstić information content (AvgIpc) is 2.68. The van der Waals surface area contributed by atoms with Crippen molar-refractivity contribution in [2.45, 2.75) is 12.8 Å². The van der Waals surface area contributed by atoms with Crippen molar-refractivity contribution in [1.82, 2.24) is 0 Å². The number of benzene rings is 3. The smallest absolute Gasteiger partial charge is 0.255 e. The molecule has 0 aliphatic rings. The Hall–Kier alpha value is -3.07. The third-order valence-corrected chi connectivity index (χ3v) is 4.14. The van der Waals surface area contributed by atoms with Crippen LogP contribution in [0.25, 0.3) is 0 Å². The molecule has 0 unspecified atom stereocenters. The highest BCUT2D eigenvalue weighted by Gasteiger charge is 2.08. The Kier molecular flexibility index (Phi) is 5.47. The number of ether oxygens (including phenoxy) is 1. The SMILES string of the molecule is COc1ccc(CCc2ccccc2NC(=O)c2ccccc2)cc1. The maximum Gasteiger partial charge on any atom is 0.255 e. The monoisotopic (exact) mass is 331 g/mol. The fourth-order valence-electron chi connectivity index (χ4n) is 2.72. The van der Waals surface area contributed by atoms with Gasteiger partial charge in [-0.15, -0.1) is 0 Å². The number of anilines is 1. The van der Waals surface area contributed by atoms with Gasteiger partial charge in [-0.1, -0.05) is 48.5 Å². The average molecular weight is 331 g/mol. The molecule has 0 aromatic heterocycles. The van der Waals surface area contributed by atoms with E-state index in [0.29, 0.717) is 5.56 Å². The zero-order valence-electron chi connectivity index (χ0n) is 14.2. The molecule has 25 heavy (non-hydrogen) atoms. The summed E-state index contributed by atoms with van der Waals surface area (Å²) in [6.07, 6.45) is 1.76. The summed E-state index contributed by atoms with van der Waals surface area (Å²) < 4.78 is 5.19. The summed E-state index contributed by atoms with van der Waals surface area (Å²) >= 11 is 0. The fourth-order valence-corrected chi connectivity index (χ4v) is 2.72. The first-order valence-corrected chi connectivity index (χ1v) is 8.33. The fraction of sp³-hybridized carbons (Fsp3) is 0.136. The summed E-state index contributed by atoms with van der Waals surface area (Å²) in [6.45, 7) is 0. The van der Waals surface area contributed by atoms with Crippen LogP contribution in [0.2, 0.25) is 0 Å².